The van der Waals surface area contributed by atoms with Crippen molar-refractivity contribution in [2.75, 3.05) is 6.61 Å². The number of carbonyl (C=O) groups is 1. The van der Waals surface area contributed by atoms with Crippen molar-refractivity contribution in [1.82, 2.24) is 4.57 Å². The first-order valence-electron chi connectivity index (χ1n) is 6.55. The SMILES string of the molecule is O=C(CO)c1cn(Cc2ccccc2)c2ccccc12. The molecule has 3 aromatic rings. The summed E-state index contributed by atoms with van der Waals surface area (Å²) in [6.07, 6.45) is 1.83. The summed E-state index contributed by atoms with van der Waals surface area (Å²) in [5.74, 6) is -0.243. The number of Topliss-reactive ketones (excluding diaryl/α,β-unsaturated/α-hetero) is 1. The van der Waals surface area contributed by atoms with Crippen molar-refractivity contribution in [2.45, 2.75) is 6.54 Å². The zero-order chi connectivity index (χ0) is 13.9. The molecule has 0 amide bonds. The lowest BCUT2D eigenvalue weighted by molar-refractivity contribution is 0.0905. The van der Waals surface area contributed by atoms with Gasteiger partial charge in [0.25, 0.3) is 0 Å². The van der Waals surface area contributed by atoms with E-state index in [1.807, 2.05) is 53.2 Å². The van der Waals surface area contributed by atoms with E-state index in [-0.39, 0.29) is 5.78 Å². The minimum absolute atomic E-state index is 0.243. The molecule has 0 bridgehead atoms. The molecule has 0 aliphatic heterocycles. The zero-order valence-corrected chi connectivity index (χ0v) is 11.0. The number of benzene rings is 2. The van der Waals surface area contributed by atoms with Crippen LogP contribution < -0.4 is 0 Å². The number of hydrogen-bond acceptors (Lipinski definition) is 2. The summed E-state index contributed by atoms with van der Waals surface area (Å²) in [4.78, 5) is 11.8. The Hall–Kier alpha value is -2.39. The number of ketones is 1. The smallest absolute Gasteiger partial charge is 0.190 e. The van der Waals surface area contributed by atoms with Gasteiger partial charge in [0.2, 0.25) is 0 Å². The van der Waals surface area contributed by atoms with Crippen molar-refractivity contribution in [3.63, 3.8) is 0 Å². The largest absolute Gasteiger partial charge is 0.388 e. The van der Waals surface area contributed by atoms with Gasteiger partial charge in [-0.2, -0.15) is 0 Å². The first-order chi connectivity index (χ1) is 9.79. The van der Waals surface area contributed by atoms with Crippen LogP contribution >= 0.6 is 0 Å². The molecule has 100 valence electrons. The van der Waals surface area contributed by atoms with Crippen LogP contribution in [0, 0.1) is 0 Å². The van der Waals surface area contributed by atoms with Crippen LogP contribution in [0.5, 0.6) is 0 Å². The molecule has 20 heavy (non-hydrogen) atoms. The second-order valence-electron chi connectivity index (χ2n) is 4.75. The van der Waals surface area contributed by atoms with E-state index in [4.69, 9.17) is 5.11 Å². The van der Waals surface area contributed by atoms with E-state index in [9.17, 15) is 4.79 Å². The third-order valence-electron chi connectivity index (χ3n) is 3.43. The van der Waals surface area contributed by atoms with E-state index in [2.05, 4.69) is 12.1 Å². The molecule has 0 saturated carbocycles. The second-order valence-corrected chi connectivity index (χ2v) is 4.75. The Kier molecular flexibility index (Phi) is 3.35. The summed E-state index contributed by atoms with van der Waals surface area (Å²) in [6, 6.07) is 17.9. The molecule has 0 aliphatic rings. The number of rotatable bonds is 4. The molecule has 3 nitrogen and oxygen atoms in total. The molecule has 1 aromatic heterocycles. The number of nitrogens with zero attached hydrogens (tertiary/aromatic N) is 1. The molecule has 0 fully saturated rings. The lowest BCUT2D eigenvalue weighted by Crippen LogP contribution is -2.03. The third-order valence-corrected chi connectivity index (χ3v) is 3.43. The Morgan fingerprint density at radius 3 is 2.45 bits per heavy atom. The predicted octanol–water partition coefficient (Wildman–Crippen LogP) is 2.86. The number of aromatic nitrogens is 1. The van der Waals surface area contributed by atoms with Gasteiger partial charge >= 0.3 is 0 Å². The Morgan fingerprint density at radius 2 is 1.70 bits per heavy atom. The molecule has 3 rings (SSSR count). The van der Waals surface area contributed by atoms with Crippen LogP contribution in [-0.2, 0) is 6.54 Å². The summed E-state index contributed by atoms with van der Waals surface area (Å²) in [5.41, 5.74) is 2.77. The third kappa shape index (κ3) is 2.24. The number of para-hydroxylation sites is 1. The van der Waals surface area contributed by atoms with E-state index < -0.39 is 6.61 Å². The molecular weight excluding hydrogens is 250 g/mol. The van der Waals surface area contributed by atoms with E-state index >= 15 is 0 Å². The molecule has 0 aliphatic carbocycles. The number of hydrogen-bond donors (Lipinski definition) is 1. The fourth-order valence-corrected chi connectivity index (χ4v) is 2.47. The zero-order valence-electron chi connectivity index (χ0n) is 11.0. The highest BCUT2D eigenvalue weighted by Crippen LogP contribution is 2.22. The lowest BCUT2D eigenvalue weighted by Gasteiger charge is -2.05. The van der Waals surface area contributed by atoms with Crippen LogP contribution in [0.2, 0.25) is 0 Å². The molecule has 3 heteroatoms. The van der Waals surface area contributed by atoms with Gasteiger partial charge in [-0.05, 0) is 11.6 Å². The highest BCUT2D eigenvalue weighted by molar-refractivity contribution is 6.08. The van der Waals surface area contributed by atoms with Crippen LogP contribution in [0.1, 0.15) is 15.9 Å². The predicted molar refractivity (Wildman–Crippen MR) is 78.9 cm³/mol. The fraction of sp³-hybridized carbons (Fsp3) is 0.118. The molecule has 0 spiro atoms. The molecule has 1 heterocycles. The van der Waals surface area contributed by atoms with Crippen molar-refractivity contribution in [2.24, 2.45) is 0 Å². The lowest BCUT2D eigenvalue weighted by atomic mass is 10.1. The average Bonchev–Trinajstić information content (AvgIpc) is 2.87. The number of aliphatic hydroxyl groups excluding tert-OH is 1. The van der Waals surface area contributed by atoms with Gasteiger partial charge in [0, 0.05) is 29.2 Å². The van der Waals surface area contributed by atoms with Crippen LogP contribution in [-0.4, -0.2) is 22.1 Å². The van der Waals surface area contributed by atoms with Crippen molar-refractivity contribution < 1.29 is 9.90 Å². The van der Waals surface area contributed by atoms with Crippen molar-refractivity contribution >= 4 is 16.7 Å². The van der Waals surface area contributed by atoms with E-state index in [1.165, 1.54) is 5.56 Å². The normalized spacial score (nSPS) is 10.8. The first-order valence-corrected chi connectivity index (χ1v) is 6.55. The molecule has 2 aromatic carbocycles. The summed E-state index contributed by atoms with van der Waals surface area (Å²) < 4.78 is 2.05. The van der Waals surface area contributed by atoms with Gasteiger partial charge < -0.3 is 9.67 Å². The number of fused-ring (bicyclic) bond motifs is 1. The minimum Gasteiger partial charge on any atom is -0.388 e. The van der Waals surface area contributed by atoms with Gasteiger partial charge in [-0.15, -0.1) is 0 Å². The molecule has 0 unspecified atom stereocenters. The minimum atomic E-state index is -0.459. The van der Waals surface area contributed by atoms with Gasteiger partial charge in [-0.1, -0.05) is 48.5 Å². The highest BCUT2D eigenvalue weighted by atomic mass is 16.3. The van der Waals surface area contributed by atoms with Gasteiger partial charge in [-0.3, -0.25) is 4.79 Å². The standard InChI is InChI=1S/C17H15NO2/c19-12-17(20)15-11-18(10-13-6-2-1-3-7-13)16-9-5-4-8-14(15)16/h1-9,11,19H,10,12H2. The summed E-state index contributed by atoms with van der Waals surface area (Å²) >= 11 is 0. The molecule has 0 radical (unpaired) electrons. The summed E-state index contributed by atoms with van der Waals surface area (Å²) in [6.45, 7) is 0.249. The van der Waals surface area contributed by atoms with Gasteiger partial charge in [0.1, 0.15) is 6.61 Å². The maximum absolute atomic E-state index is 11.8. The van der Waals surface area contributed by atoms with E-state index in [0.717, 1.165) is 10.9 Å². The van der Waals surface area contributed by atoms with Crippen LogP contribution in [0.25, 0.3) is 10.9 Å². The Bertz CT molecular complexity index is 744. The quantitative estimate of drug-likeness (QED) is 0.737. The maximum atomic E-state index is 11.8. The Morgan fingerprint density at radius 1 is 1.00 bits per heavy atom. The topological polar surface area (TPSA) is 42.2 Å². The van der Waals surface area contributed by atoms with Gasteiger partial charge in [-0.25, -0.2) is 0 Å². The maximum Gasteiger partial charge on any atom is 0.190 e. The number of carbonyl (C=O) groups excluding carboxylic acids is 1. The van der Waals surface area contributed by atoms with Crippen molar-refractivity contribution in [1.29, 1.82) is 0 Å². The van der Waals surface area contributed by atoms with Crippen LogP contribution in [0.15, 0.2) is 60.8 Å². The molecule has 0 atom stereocenters. The molecular formula is C17H15NO2. The second kappa shape index (κ2) is 5.31. The summed E-state index contributed by atoms with van der Waals surface area (Å²) in [7, 11) is 0. The van der Waals surface area contributed by atoms with E-state index in [1.54, 1.807) is 0 Å². The van der Waals surface area contributed by atoms with Crippen molar-refractivity contribution in [3.8, 4) is 0 Å². The van der Waals surface area contributed by atoms with Gasteiger partial charge in [0.15, 0.2) is 5.78 Å². The van der Waals surface area contributed by atoms with E-state index in [0.29, 0.717) is 12.1 Å². The Labute approximate surface area is 117 Å². The monoisotopic (exact) mass is 265 g/mol. The van der Waals surface area contributed by atoms with Gasteiger partial charge in [0.05, 0.1) is 0 Å². The molecule has 0 saturated heterocycles. The summed E-state index contributed by atoms with van der Waals surface area (Å²) in [5, 5.41) is 9.98. The van der Waals surface area contributed by atoms with Crippen LogP contribution in [0.4, 0.5) is 0 Å². The average molecular weight is 265 g/mol. The number of aliphatic hydroxyl groups is 1. The molecule has 1 N–H and O–H groups in total. The van der Waals surface area contributed by atoms with Crippen molar-refractivity contribution in [3.05, 3.63) is 71.9 Å². The first kappa shape index (κ1) is 12.6. The Balaban J connectivity index is 2.09. The highest BCUT2D eigenvalue weighted by Gasteiger charge is 2.13. The fourth-order valence-electron chi connectivity index (χ4n) is 2.47. The van der Waals surface area contributed by atoms with Crippen LogP contribution in [0.3, 0.4) is 0 Å².